The second kappa shape index (κ2) is 8.42. The Balaban J connectivity index is 1.62. The van der Waals surface area contributed by atoms with Crippen LogP contribution in [0.1, 0.15) is 34.7 Å². The second-order valence-electron chi connectivity index (χ2n) is 8.41. The van der Waals surface area contributed by atoms with E-state index in [9.17, 15) is 4.79 Å². The summed E-state index contributed by atoms with van der Waals surface area (Å²) < 4.78 is 7.84. The number of aromatic nitrogens is 1. The van der Waals surface area contributed by atoms with Crippen LogP contribution in [0.2, 0.25) is 5.02 Å². The summed E-state index contributed by atoms with van der Waals surface area (Å²) in [6, 6.07) is 23.8. The first-order valence-electron chi connectivity index (χ1n) is 11.2. The third-order valence-corrected chi connectivity index (χ3v) is 7.82. The number of benzene rings is 3. The van der Waals surface area contributed by atoms with Gasteiger partial charge in [-0.2, -0.15) is 0 Å². The van der Waals surface area contributed by atoms with E-state index in [-0.39, 0.29) is 11.6 Å². The highest BCUT2D eigenvalue weighted by Crippen LogP contribution is 2.41. The molecule has 1 atom stereocenters. The molecule has 1 aliphatic carbocycles. The minimum absolute atomic E-state index is 0.0464. The Kier molecular flexibility index (Phi) is 5.24. The lowest BCUT2D eigenvalue weighted by molar-refractivity contribution is 0.414. The zero-order valence-electron chi connectivity index (χ0n) is 18.5. The van der Waals surface area contributed by atoms with Crippen LogP contribution in [-0.2, 0) is 6.42 Å². The van der Waals surface area contributed by atoms with Crippen molar-refractivity contribution in [2.75, 3.05) is 7.11 Å². The van der Waals surface area contributed by atoms with Gasteiger partial charge in [0, 0.05) is 10.6 Å². The third-order valence-electron chi connectivity index (χ3n) is 6.50. The SMILES string of the molecule is COc1ccc([C@H]2C3=C(N=c4s/c(=C\c5ccccc5Cl)c(=O)n42)c2ccccc2CC3)cc1. The summed E-state index contributed by atoms with van der Waals surface area (Å²) in [5, 5.41) is 0.619. The second-order valence-corrected chi connectivity index (χ2v) is 9.82. The number of ether oxygens (including phenoxy) is 1. The van der Waals surface area contributed by atoms with E-state index in [1.807, 2.05) is 59.2 Å². The summed E-state index contributed by atoms with van der Waals surface area (Å²) in [5.41, 5.74) is 6.46. The van der Waals surface area contributed by atoms with E-state index >= 15 is 0 Å². The summed E-state index contributed by atoms with van der Waals surface area (Å²) in [7, 11) is 1.66. The maximum absolute atomic E-state index is 13.7. The number of nitrogens with zero attached hydrogens (tertiary/aromatic N) is 2. The van der Waals surface area contributed by atoms with Gasteiger partial charge < -0.3 is 4.74 Å². The minimum Gasteiger partial charge on any atom is -0.497 e. The topological polar surface area (TPSA) is 43.6 Å². The van der Waals surface area contributed by atoms with Gasteiger partial charge in [-0.25, -0.2) is 4.99 Å². The predicted octanol–water partition coefficient (Wildman–Crippen LogP) is 4.98. The van der Waals surface area contributed by atoms with Crippen LogP contribution in [0.15, 0.2) is 88.2 Å². The van der Waals surface area contributed by atoms with Gasteiger partial charge in [-0.1, -0.05) is 77.5 Å². The molecule has 168 valence electrons. The first-order valence-corrected chi connectivity index (χ1v) is 12.3. The van der Waals surface area contributed by atoms with Crippen molar-refractivity contribution in [2.45, 2.75) is 18.9 Å². The van der Waals surface area contributed by atoms with Gasteiger partial charge in [0.15, 0.2) is 4.80 Å². The summed E-state index contributed by atoms with van der Waals surface area (Å²) in [4.78, 5) is 19.5. The van der Waals surface area contributed by atoms with Gasteiger partial charge in [0.25, 0.3) is 5.56 Å². The molecule has 0 spiro atoms. The fraction of sp³-hybridized carbons (Fsp3) is 0.143. The average Bonchev–Trinajstić information content (AvgIpc) is 3.18. The van der Waals surface area contributed by atoms with Gasteiger partial charge >= 0.3 is 0 Å². The number of fused-ring (bicyclic) bond motifs is 3. The molecule has 0 unspecified atom stereocenters. The zero-order valence-corrected chi connectivity index (χ0v) is 20.1. The molecule has 3 aromatic carbocycles. The van der Waals surface area contributed by atoms with Crippen molar-refractivity contribution in [3.8, 4) is 5.75 Å². The lowest BCUT2D eigenvalue weighted by Crippen LogP contribution is -2.38. The normalized spacial score (nSPS) is 17.0. The van der Waals surface area contributed by atoms with E-state index in [1.165, 1.54) is 22.5 Å². The molecule has 34 heavy (non-hydrogen) atoms. The monoisotopic (exact) mass is 484 g/mol. The van der Waals surface area contributed by atoms with Crippen LogP contribution < -0.4 is 19.6 Å². The van der Waals surface area contributed by atoms with E-state index in [2.05, 4.69) is 24.3 Å². The first kappa shape index (κ1) is 21.1. The number of allylic oxidation sites excluding steroid dienone is 1. The number of hydrogen-bond donors (Lipinski definition) is 0. The summed E-state index contributed by atoms with van der Waals surface area (Å²) in [6.45, 7) is 0. The number of aryl methyl sites for hydroxylation is 1. The number of thiazole rings is 1. The first-order chi connectivity index (χ1) is 16.6. The van der Waals surface area contributed by atoms with Gasteiger partial charge in [0.2, 0.25) is 0 Å². The molecular formula is C28H21ClN2O2S. The Morgan fingerprint density at radius 2 is 1.79 bits per heavy atom. The average molecular weight is 485 g/mol. The van der Waals surface area contributed by atoms with Crippen LogP contribution >= 0.6 is 22.9 Å². The summed E-state index contributed by atoms with van der Waals surface area (Å²) >= 11 is 7.80. The van der Waals surface area contributed by atoms with Gasteiger partial charge in [0.1, 0.15) is 5.75 Å². The number of hydrogen-bond acceptors (Lipinski definition) is 4. The van der Waals surface area contributed by atoms with Crippen LogP contribution in [0, 0.1) is 0 Å². The van der Waals surface area contributed by atoms with Crippen molar-refractivity contribution in [2.24, 2.45) is 4.99 Å². The number of rotatable bonds is 3. The molecule has 4 nitrogen and oxygen atoms in total. The van der Waals surface area contributed by atoms with Crippen LogP contribution in [0.25, 0.3) is 11.8 Å². The van der Waals surface area contributed by atoms with Crippen molar-refractivity contribution in [1.29, 1.82) is 0 Å². The highest BCUT2D eigenvalue weighted by molar-refractivity contribution is 7.07. The van der Waals surface area contributed by atoms with Crippen LogP contribution in [-0.4, -0.2) is 11.7 Å². The fourth-order valence-electron chi connectivity index (χ4n) is 4.84. The summed E-state index contributed by atoms with van der Waals surface area (Å²) in [6.07, 6.45) is 3.66. The number of methoxy groups -OCH3 is 1. The van der Waals surface area contributed by atoms with E-state index < -0.39 is 0 Å². The fourth-order valence-corrected chi connectivity index (χ4v) is 6.02. The van der Waals surface area contributed by atoms with E-state index in [0.717, 1.165) is 41.0 Å². The van der Waals surface area contributed by atoms with Crippen LogP contribution in [0.4, 0.5) is 0 Å². The molecule has 4 aromatic rings. The van der Waals surface area contributed by atoms with Gasteiger partial charge in [-0.05, 0) is 59.4 Å². The van der Waals surface area contributed by atoms with Gasteiger partial charge in [-0.3, -0.25) is 9.36 Å². The Labute approximate surface area is 205 Å². The zero-order chi connectivity index (χ0) is 23.2. The largest absolute Gasteiger partial charge is 0.497 e. The van der Waals surface area contributed by atoms with Crippen LogP contribution in [0.3, 0.4) is 0 Å². The minimum atomic E-state index is -0.209. The maximum Gasteiger partial charge on any atom is 0.271 e. The lowest BCUT2D eigenvalue weighted by atomic mass is 9.83. The van der Waals surface area contributed by atoms with Crippen molar-refractivity contribution in [1.82, 2.24) is 4.57 Å². The molecule has 0 fully saturated rings. The maximum atomic E-state index is 13.7. The molecule has 1 aromatic heterocycles. The van der Waals surface area contributed by atoms with E-state index in [0.29, 0.717) is 14.4 Å². The molecule has 0 radical (unpaired) electrons. The molecule has 0 bridgehead atoms. The Morgan fingerprint density at radius 3 is 2.59 bits per heavy atom. The number of halogens is 1. The molecule has 0 N–H and O–H groups in total. The highest BCUT2D eigenvalue weighted by atomic mass is 35.5. The highest BCUT2D eigenvalue weighted by Gasteiger charge is 2.32. The molecule has 2 heterocycles. The standard InChI is InChI=1S/C28H21ClN2O2S/c1-33-20-13-10-18(11-14-20)26-22-15-12-17-6-2-4-8-21(17)25(22)30-28-31(26)27(32)24(34-28)16-19-7-3-5-9-23(19)29/h2-11,13-14,16,26H,12,15H2,1H3/b24-16-/t26-/m0/s1. The molecule has 0 saturated heterocycles. The van der Waals surface area contributed by atoms with Crippen molar-refractivity contribution < 1.29 is 4.74 Å². The molecule has 1 aliphatic heterocycles. The van der Waals surface area contributed by atoms with Crippen LogP contribution in [0.5, 0.6) is 5.75 Å². The molecular weight excluding hydrogens is 464 g/mol. The molecule has 6 heteroatoms. The molecule has 6 rings (SSSR count). The molecule has 2 aliphatic rings. The predicted molar refractivity (Wildman–Crippen MR) is 137 cm³/mol. The third kappa shape index (κ3) is 3.44. The van der Waals surface area contributed by atoms with Crippen molar-refractivity contribution in [3.05, 3.63) is 125 Å². The van der Waals surface area contributed by atoms with Crippen molar-refractivity contribution >= 4 is 34.7 Å². The quantitative estimate of drug-likeness (QED) is 0.411. The van der Waals surface area contributed by atoms with E-state index in [1.54, 1.807) is 7.11 Å². The molecule has 0 amide bonds. The van der Waals surface area contributed by atoms with Crippen molar-refractivity contribution in [3.63, 3.8) is 0 Å². The Hall–Kier alpha value is -3.41. The Morgan fingerprint density at radius 1 is 1.03 bits per heavy atom. The Bertz CT molecular complexity index is 1630. The van der Waals surface area contributed by atoms with E-state index in [4.69, 9.17) is 21.3 Å². The van der Waals surface area contributed by atoms with Gasteiger partial charge in [0.05, 0.1) is 23.4 Å². The molecule has 0 saturated carbocycles. The lowest BCUT2D eigenvalue weighted by Gasteiger charge is -2.30. The smallest absolute Gasteiger partial charge is 0.271 e. The summed E-state index contributed by atoms with van der Waals surface area (Å²) in [5.74, 6) is 0.790. The van der Waals surface area contributed by atoms with Gasteiger partial charge in [-0.15, -0.1) is 0 Å².